The average molecular weight is 420 g/mol. The molecule has 154 valence electrons. The van der Waals surface area contributed by atoms with E-state index in [2.05, 4.69) is 17.4 Å². The zero-order valence-corrected chi connectivity index (χ0v) is 17.9. The number of carbonyl (C=O) groups excluding carboxylic acids is 1. The van der Waals surface area contributed by atoms with E-state index in [1.54, 1.807) is 26.0 Å². The molecule has 3 aromatic carbocycles. The van der Waals surface area contributed by atoms with E-state index in [4.69, 9.17) is 9.47 Å². The van der Waals surface area contributed by atoms with E-state index in [0.29, 0.717) is 6.42 Å². The lowest BCUT2D eigenvalue weighted by molar-refractivity contribution is -0.121. The van der Waals surface area contributed by atoms with Crippen molar-refractivity contribution in [2.24, 2.45) is 0 Å². The normalized spacial score (nSPS) is 21.3. The lowest BCUT2D eigenvalue weighted by atomic mass is 9.89. The van der Waals surface area contributed by atoms with Crippen molar-refractivity contribution in [3.05, 3.63) is 90.0 Å². The molecule has 3 aromatic rings. The van der Waals surface area contributed by atoms with Gasteiger partial charge in [-0.2, -0.15) is 0 Å². The van der Waals surface area contributed by atoms with Crippen LogP contribution in [-0.2, 0) is 4.79 Å². The highest BCUT2D eigenvalue weighted by Crippen LogP contribution is 2.40. The van der Waals surface area contributed by atoms with Gasteiger partial charge in [-0.1, -0.05) is 42.5 Å². The van der Waals surface area contributed by atoms with Gasteiger partial charge < -0.3 is 14.8 Å². The summed E-state index contributed by atoms with van der Waals surface area (Å²) in [7, 11) is 3.31. The Bertz CT molecular complexity index is 974. The summed E-state index contributed by atoms with van der Waals surface area (Å²) in [6.07, 6.45) is 0.462. The summed E-state index contributed by atoms with van der Waals surface area (Å²) in [5, 5.41) is 3.54. The Kier molecular flexibility index (Phi) is 6.41. The number of thioether (sulfide) groups is 1. The number of piperidine rings is 1. The molecule has 3 atom stereocenters. The minimum absolute atomic E-state index is 0.0388. The number of ketones is 1. The first kappa shape index (κ1) is 20.5. The molecule has 0 amide bonds. The highest BCUT2D eigenvalue weighted by molar-refractivity contribution is 8.00. The Morgan fingerprint density at radius 2 is 1.37 bits per heavy atom. The average Bonchev–Trinajstić information content (AvgIpc) is 2.81. The molecule has 1 heterocycles. The molecule has 0 aromatic heterocycles. The van der Waals surface area contributed by atoms with Gasteiger partial charge in [0.1, 0.15) is 17.3 Å². The smallest absolute Gasteiger partial charge is 0.150 e. The lowest BCUT2D eigenvalue weighted by Gasteiger charge is -2.37. The number of hydrogen-bond acceptors (Lipinski definition) is 5. The number of methoxy groups -OCH3 is 2. The lowest BCUT2D eigenvalue weighted by Crippen LogP contribution is -2.44. The largest absolute Gasteiger partial charge is 0.497 e. The molecule has 3 unspecified atom stereocenters. The molecule has 1 N–H and O–H groups in total. The fourth-order valence-corrected chi connectivity index (χ4v) is 4.99. The molecule has 0 bridgehead atoms. The molecule has 1 fully saturated rings. The fraction of sp³-hybridized carbons (Fsp3) is 0.240. The van der Waals surface area contributed by atoms with Gasteiger partial charge in [-0.05, 0) is 47.5 Å². The second-order valence-electron chi connectivity index (χ2n) is 7.27. The van der Waals surface area contributed by atoms with Crippen molar-refractivity contribution in [3.8, 4) is 11.5 Å². The molecule has 4 nitrogen and oxygen atoms in total. The Morgan fingerprint density at radius 1 is 0.800 bits per heavy atom. The highest BCUT2D eigenvalue weighted by Gasteiger charge is 2.38. The van der Waals surface area contributed by atoms with E-state index in [9.17, 15) is 4.79 Å². The maximum Gasteiger partial charge on any atom is 0.150 e. The van der Waals surface area contributed by atoms with Crippen LogP contribution < -0.4 is 14.8 Å². The molecule has 0 saturated carbocycles. The van der Waals surface area contributed by atoms with Crippen molar-refractivity contribution >= 4 is 17.5 Å². The van der Waals surface area contributed by atoms with Crippen molar-refractivity contribution in [3.63, 3.8) is 0 Å². The quantitative estimate of drug-likeness (QED) is 0.594. The summed E-state index contributed by atoms with van der Waals surface area (Å²) in [6, 6.07) is 25.9. The summed E-state index contributed by atoms with van der Waals surface area (Å²) in [4.78, 5) is 14.4. The second kappa shape index (κ2) is 9.37. The van der Waals surface area contributed by atoms with Crippen LogP contribution in [0.4, 0.5) is 0 Å². The highest BCUT2D eigenvalue weighted by atomic mass is 32.2. The van der Waals surface area contributed by atoms with Crippen molar-refractivity contribution in [2.75, 3.05) is 14.2 Å². The second-order valence-corrected chi connectivity index (χ2v) is 8.48. The third-order valence-electron chi connectivity index (χ3n) is 5.41. The molecule has 0 radical (unpaired) electrons. The summed E-state index contributed by atoms with van der Waals surface area (Å²) in [5.41, 5.74) is 2.17. The molecule has 1 aliphatic rings. The summed E-state index contributed by atoms with van der Waals surface area (Å²) in [6.45, 7) is 0. The van der Waals surface area contributed by atoms with Gasteiger partial charge in [-0.15, -0.1) is 11.8 Å². The number of ether oxygens (including phenoxy) is 2. The first-order valence-electron chi connectivity index (χ1n) is 9.96. The summed E-state index contributed by atoms with van der Waals surface area (Å²) >= 11 is 1.63. The number of Topliss-reactive ketones (excluding diaryl/α,β-unsaturated/α-hetero) is 1. The number of benzene rings is 3. The van der Waals surface area contributed by atoms with E-state index in [0.717, 1.165) is 27.5 Å². The Hall–Kier alpha value is -2.76. The Labute approximate surface area is 181 Å². The standard InChI is InChI=1S/C25H25NO3S/c1-28-19-12-8-17(9-13-19)22-16-23(27)25(30-21-6-4-3-5-7-21)24(26-22)18-10-14-20(29-2)15-11-18/h3-15,22,24-26H,16H2,1-2H3. The predicted molar refractivity (Wildman–Crippen MR) is 120 cm³/mol. The van der Waals surface area contributed by atoms with E-state index < -0.39 is 0 Å². The molecule has 30 heavy (non-hydrogen) atoms. The molecule has 1 saturated heterocycles. The van der Waals surface area contributed by atoms with Crippen LogP contribution in [0.15, 0.2) is 83.8 Å². The van der Waals surface area contributed by atoms with Gasteiger partial charge in [-0.3, -0.25) is 4.79 Å². The van der Waals surface area contributed by atoms with Crippen LogP contribution in [0.1, 0.15) is 29.6 Å². The van der Waals surface area contributed by atoms with E-state index in [-0.39, 0.29) is 23.1 Å². The van der Waals surface area contributed by atoms with E-state index >= 15 is 0 Å². The Balaban J connectivity index is 1.64. The molecule has 0 spiro atoms. The van der Waals surface area contributed by atoms with Crippen LogP contribution in [0.3, 0.4) is 0 Å². The number of carbonyl (C=O) groups is 1. The molecule has 1 aliphatic heterocycles. The van der Waals surface area contributed by atoms with Crippen LogP contribution in [0.25, 0.3) is 0 Å². The van der Waals surface area contributed by atoms with Crippen LogP contribution in [-0.4, -0.2) is 25.3 Å². The number of rotatable bonds is 6. The molecule has 4 rings (SSSR count). The maximum absolute atomic E-state index is 13.3. The number of nitrogens with one attached hydrogen (secondary N) is 1. The zero-order chi connectivity index (χ0) is 20.9. The third kappa shape index (κ3) is 4.53. The van der Waals surface area contributed by atoms with Crippen LogP contribution in [0.5, 0.6) is 11.5 Å². The molecule has 0 aliphatic carbocycles. The van der Waals surface area contributed by atoms with Gasteiger partial charge in [0, 0.05) is 17.4 Å². The molecular formula is C25H25NO3S. The van der Waals surface area contributed by atoms with E-state index in [1.807, 2.05) is 66.7 Å². The minimum Gasteiger partial charge on any atom is -0.497 e. The van der Waals surface area contributed by atoms with Gasteiger partial charge in [0.15, 0.2) is 0 Å². The Morgan fingerprint density at radius 3 is 1.93 bits per heavy atom. The summed E-state index contributed by atoms with van der Waals surface area (Å²) in [5.74, 6) is 1.87. The van der Waals surface area contributed by atoms with Gasteiger partial charge >= 0.3 is 0 Å². The first-order valence-corrected chi connectivity index (χ1v) is 10.8. The van der Waals surface area contributed by atoms with Crippen molar-refractivity contribution < 1.29 is 14.3 Å². The fourth-order valence-electron chi connectivity index (χ4n) is 3.78. The molecule has 5 heteroatoms. The van der Waals surface area contributed by atoms with Gasteiger partial charge in [0.2, 0.25) is 0 Å². The maximum atomic E-state index is 13.3. The van der Waals surface area contributed by atoms with Crippen LogP contribution in [0.2, 0.25) is 0 Å². The minimum atomic E-state index is -0.199. The first-order chi connectivity index (χ1) is 14.7. The SMILES string of the molecule is COc1ccc(C2CC(=O)C(Sc3ccccc3)C(c3ccc(OC)cc3)N2)cc1. The predicted octanol–water partition coefficient (Wildman–Crippen LogP) is 5.21. The van der Waals surface area contributed by atoms with E-state index in [1.165, 1.54) is 0 Å². The van der Waals surface area contributed by atoms with Gasteiger partial charge in [0.05, 0.1) is 25.5 Å². The molecular weight excluding hydrogens is 394 g/mol. The topological polar surface area (TPSA) is 47.6 Å². The van der Waals surface area contributed by atoms with Crippen molar-refractivity contribution in [2.45, 2.75) is 28.6 Å². The zero-order valence-electron chi connectivity index (χ0n) is 17.1. The number of hydrogen-bond donors (Lipinski definition) is 1. The third-order valence-corrected chi connectivity index (χ3v) is 6.74. The van der Waals surface area contributed by atoms with Crippen LogP contribution in [0, 0.1) is 0 Å². The van der Waals surface area contributed by atoms with Crippen molar-refractivity contribution in [1.29, 1.82) is 0 Å². The van der Waals surface area contributed by atoms with Gasteiger partial charge in [-0.25, -0.2) is 0 Å². The van der Waals surface area contributed by atoms with Crippen LogP contribution >= 0.6 is 11.8 Å². The summed E-state index contributed by atoms with van der Waals surface area (Å²) < 4.78 is 10.6. The van der Waals surface area contributed by atoms with Gasteiger partial charge in [0.25, 0.3) is 0 Å². The monoisotopic (exact) mass is 419 g/mol. The van der Waals surface area contributed by atoms with Crippen molar-refractivity contribution in [1.82, 2.24) is 5.32 Å².